The van der Waals surface area contributed by atoms with Crippen LogP contribution in [0.3, 0.4) is 0 Å². The number of esters is 1. The van der Waals surface area contributed by atoms with Crippen molar-refractivity contribution in [1.82, 2.24) is 9.88 Å². The summed E-state index contributed by atoms with van der Waals surface area (Å²) in [4.78, 5) is 24.7. The fourth-order valence-corrected chi connectivity index (χ4v) is 4.76. The molecule has 1 fully saturated rings. The van der Waals surface area contributed by atoms with E-state index < -0.39 is 5.76 Å². The Morgan fingerprint density at radius 1 is 0.944 bits per heavy atom. The normalized spacial score (nSPS) is 13.8. The zero-order chi connectivity index (χ0) is 24.7. The van der Waals surface area contributed by atoms with Gasteiger partial charge in [-0.05, 0) is 47.7 Å². The third-order valence-electron chi connectivity index (χ3n) is 6.70. The molecule has 1 aromatic heterocycles. The number of nitrogens with zero attached hydrogens (tertiary/aromatic N) is 1. The van der Waals surface area contributed by atoms with Crippen molar-refractivity contribution in [3.05, 3.63) is 88.9 Å². The van der Waals surface area contributed by atoms with Crippen molar-refractivity contribution in [3.8, 4) is 11.1 Å². The summed E-state index contributed by atoms with van der Waals surface area (Å²) in [6.07, 6.45) is 3.83. The van der Waals surface area contributed by atoms with E-state index in [0.717, 1.165) is 44.5 Å². The molecule has 0 spiro atoms. The number of carbonyl (C=O) groups is 1. The van der Waals surface area contributed by atoms with Gasteiger partial charge < -0.3 is 19.8 Å². The summed E-state index contributed by atoms with van der Waals surface area (Å²) in [5.74, 6) is -0.817. The van der Waals surface area contributed by atoms with Crippen LogP contribution in [0.4, 0.5) is 5.69 Å². The molecule has 7 nitrogen and oxygen atoms in total. The molecule has 36 heavy (non-hydrogen) atoms. The Hall–Kier alpha value is -3.84. The van der Waals surface area contributed by atoms with E-state index in [1.807, 2.05) is 30.3 Å². The molecule has 4 aromatic rings. The third kappa shape index (κ3) is 5.52. The molecule has 1 saturated carbocycles. The molecule has 0 atom stereocenters. The van der Waals surface area contributed by atoms with Gasteiger partial charge in [0.15, 0.2) is 12.3 Å². The number of oxazole rings is 1. The first-order chi connectivity index (χ1) is 17.7. The van der Waals surface area contributed by atoms with E-state index in [2.05, 4.69) is 47.0 Å². The maximum atomic E-state index is 12.5. The van der Waals surface area contributed by atoms with Crippen molar-refractivity contribution >= 4 is 22.8 Å². The number of ether oxygens (including phenoxy) is 1. The van der Waals surface area contributed by atoms with Crippen LogP contribution in [0.15, 0.2) is 82.0 Å². The first-order valence-corrected chi connectivity index (χ1v) is 12.6. The van der Waals surface area contributed by atoms with Gasteiger partial charge in [0.05, 0.1) is 17.1 Å². The van der Waals surface area contributed by atoms with Gasteiger partial charge in [0.25, 0.3) is 0 Å². The number of para-hydroxylation sites is 1. The fourth-order valence-electron chi connectivity index (χ4n) is 4.76. The maximum Gasteiger partial charge on any atom is 0.422 e. The lowest BCUT2D eigenvalue weighted by Gasteiger charge is -2.10. The Bertz CT molecular complexity index is 1370. The first kappa shape index (κ1) is 23.9. The lowest BCUT2D eigenvalue weighted by Crippen LogP contribution is -2.22. The number of fused-ring (bicyclic) bond motifs is 1. The molecule has 1 aliphatic rings. The van der Waals surface area contributed by atoms with Crippen LogP contribution in [0.1, 0.15) is 31.2 Å². The molecule has 0 saturated heterocycles. The number of aromatic nitrogens is 1. The van der Waals surface area contributed by atoms with Gasteiger partial charge in [0.1, 0.15) is 0 Å². The van der Waals surface area contributed by atoms with Gasteiger partial charge in [-0.25, -0.2) is 9.36 Å². The number of hydrogen-bond acceptors (Lipinski definition) is 6. The van der Waals surface area contributed by atoms with Gasteiger partial charge in [-0.15, -0.1) is 0 Å². The Morgan fingerprint density at radius 2 is 1.72 bits per heavy atom. The van der Waals surface area contributed by atoms with Gasteiger partial charge in [-0.3, -0.25) is 4.79 Å². The number of hydrogen-bond donors (Lipinski definition) is 2. The lowest BCUT2D eigenvalue weighted by atomic mass is 10.0. The van der Waals surface area contributed by atoms with Crippen molar-refractivity contribution in [2.24, 2.45) is 5.92 Å². The second-order valence-corrected chi connectivity index (χ2v) is 9.19. The summed E-state index contributed by atoms with van der Waals surface area (Å²) < 4.78 is 12.3. The van der Waals surface area contributed by atoms with E-state index in [1.54, 1.807) is 6.07 Å². The van der Waals surface area contributed by atoms with E-state index in [1.165, 1.54) is 21.3 Å². The molecular formula is C29H31N3O4. The van der Waals surface area contributed by atoms with Crippen molar-refractivity contribution in [1.29, 1.82) is 0 Å². The molecule has 3 aromatic carbocycles. The second kappa shape index (κ2) is 11.3. The van der Waals surface area contributed by atoms with E-state index in [4.69, 9.17) is 9.15 Å². The average molecular weight is 486 g/mol. The Labute approximate surface area is 210 Å². The summed E-state index contributed by atoms with van der Waals surface area (Å²) in [7, 11) is 0. The molecule has 1 aliphatic carbocycles. The highest BCUT2D eigenvalue weighted by atomic mass is 16.5. The van der Waals surface area contributed by atoms with Crippen molar-refractivity contribution in [2.75, 3.05) is 18.4 Å². The smallest absolute Gasteiger partial charge is 0.422 e. The molecule has 0 bridgehead atoms. The van der Waals surface area contributed by atoms with Gasteiger partial charge in [0, 0.05) is 19.6 Å². The van der Waals surface area contributed by atoms with Crippen LogP contribution >= 0.6 is 0 Å². The zero-order valence-electron chi connectivity index (χ0n) is 20.2. The summed E-state index contributed by atoms with van der Waals surface area (Å²) in [6.45, 7) is 2.01. The van der Waals surface area contributed by atoms with Gasteiger partial charge >= 0.3 is 11.7 Å². The average Bonchev–Trinajstić information content (AvgIpc) is 3.56. The summed E-state index contributed by atoms with van der Waals surface area (Å²) in [5.41, 5.74) is 5.43. The van der Waals surface area contributed by atoms with Crippen LogP contribution in [0.25, 0.3) is 22.2 Å². The Balaban J connectivity index is 1.15. The summed E-state index contributed by atoms with van der Waals surface area (Å²) in [5, 5.41) is 6.80. The second-order valence-electron chi connectivity index (χ2n) is 9.19. The van der Waals surface area contributed by atoms with Crippen LogP contribution in [0, 0.1) is 5.92 Å². The molecule has 7 heteroatoms. The van der Waals surface area contributed by atoms with Crippen molar-refractivity contribution in [2.45, 2.75) is 39.0 Å². The van der Waals surface area contributed by atoms with E-state index in [-0.39, 0.29) is 18.6 Å². The largest absolute Gasteiger partial charge is 0.443 e. The molecule has 0 unspecified atom stereocenters. The monoisotopic (exact) mass is 485 g/mol. The molecular weight excluding hydrogens is 454 g/mol. The first-order valence-electron chi connectivity index (χ1n) is 12.6. The van der Waals surface area contributed by atoms with Crippen LogP contribution < -0.4 is 16.4 Å². The van der Waals surface area contributed by atoms with Crippen LogP contribution in [-0.4, -0.2) is 23.6 Å². The predicted molar refractivity (Wildman–Crippen MR) is 141 cm³/mol. The molecule has 0 aliphatic heterocycles. The highest BCUT2D eigenvalue weighted by Crippen LogP contribution is 2.26. The fraction of sp³-hybridized carbons (Fsp3) is 0.310. The highest BCUT2D eigenvalue weighted by molar-refractivity contribution is 5.86. The van der Waals surface area contributed by atoms with E-state index in [0.29, 0.717) is 17.6 Å². The number of rotatable bonds is 10. The number of nitrogens with one attached hydrogen (secondary N) is 2. The topological polar surface area (TPSA) is 85.5 Å². The van der Waals surface area contributed by atoms with Crippen LogP contribution in [-0.2, 0) is 22.8 Å². The Morgan fingerprint density at radius 3 is 2.56 bits per heavy atom. The predicted octanol–water partition coefficient (Wildman–Crippen LogP) is 5.15. The molecule has 5 rings (SSSR count). The molecule has 1 heterocycles. The molecule has 0 amide bonds. The van der Waals surface area contributed by atoms with Gasteiger partial charge in [0.2, 0.25) is 0 Å². The van der Waals surface area contributed by atoms with Crippen molar-refractivity contribution < 1.29 is 13.9 Å². The van der Waals surface area contributed by atoms with Crippen LogP contribution in [0.5, 0.6) is 0 Å². The van der Waals surface area contributed by atoms with Gasteiger partial charge in [-0.1, -0.05) is 67.4 Å². The van der Waals surface area contributed by atoms with Crippen LogP contribution in [0.2, 0.25) is 0 Å². The van der Waals surface area contributed by atoms with Gasteiger partial charge in [-0.2, -0.15) is 0 Å². The van der Waals surface area contributed by atoms with E-state index >= 15 is 0 Å². The zero-order valence-corrected chi connectivity index (χ0v) is 20.2. The third-order valence-corrected chi connectivity index (χ3v) is 6.70. The summed E-state index contributed by atoms with van der Waals surface area (Å²) >= 11 is 0. The minimum atomic E-state index is -0.533. The lowest BCUT2D eigenvalue weighted by molar-refractivity contribution is -0.152. The quantitative estimate of drug-likeness (QED) is 0.239. The van der Waals surface area contributed by atoms with E-state index in [9.17, 15) is 9.59 Å². The van der Waals surface area contributed by atoms with Crippen molar-refractivity contribution in [3.63, 3.8) is 0 Å². The maximum absolute atomic E-state index is 12.5. The SMILES string of the molecule is O=C(OCn1c(=O)oc2c(NCCNCc3cccc(-c4ccccc4)c3)cccc21)C1CCCC1. The molecule has 0 radical (unpaired) electrons. The Kier molecular flexibility index (Phi) is 7.47. The standard InChI is InChI=1S/C29H31N3O4/c33-28(23-11-4-5-12-23)35-20-32-26-15-7-14-25(27(26)36-29(32)34)31-17-16-30-19-21-8-6-13-24(18-21)22-9-2-1-3-10-22/h1-3,6-10,13-15,18,23,30-31H,4-5,11-12,16-17,19-20H2. The number of benzene rings is 3. The highest BCUT2D eigenvalue weighted by Gasteiger charge is 2.24. The number of anilines is 1. The number of carbonyl (C=O) groups excluding carboxylic acids is 1. The minimum Gasteiger partial charge on any atom is -0.443 e. The molecule has 186 valence electrons. The summed E-state index contributed by atoms with van der Waals surface area (Å²) in [6, 6.07) is 24.4. The minimum absolute atomic E-state index is 0.0515. The molecule has 2 N–H and O–H groups in total.